The SMILES string of the molecule is O=C(NCCOc1ccc(S(=O)(=O)N2CCOCC2)cc1)[C@@H]1CCCN(Cc2ccccc2Cl)C1. The average molecular weight is 522 g/mol. The lowest BCUT2D eigenvalue weighted by Gasteiger charge is -2.32. The van der Waals surface area contributed by atoms with Crippen molar-refractivity contribution in [3.05, 3.63) is 59.1 Å². The van der Waals surface area contributed by atoms with E-state index in [-0.39, 0.29) is 16.7 Å². The molecule has 1 N–H and O–H groups in total. The minimum atomic E-state index is -3.53. The minimum absolute atomic E-state index is 0.0319. The second-order valence-corrected chi connectivity index (χ2v) is 11.1. The monoisotopic (exact) mass is 521 g/mol. The number of hydrogen-bond acceptors (Lipinski definition) is 6. The van der Waals surface area contributed by atoms with Crippen LogP contribution in [0.2, 0.25) is 5.02 Å². The highest BCUT2D eigenvalue weighted by atomic mass is 35.5. The molecule has 0 spiro atoms. The molecule has 0 aromatic heterocycles. The Labute approximate surface area is 212 Å². The van der Waals surface area contributed by atoms with E-state index in [9.17, 15) is 13.2 Å². The Morgan fingerprint density at radius 1 is 1.09 bits per heavy atom. The van der Waals surface area contributed by atoms with E-state index in [1.807, 2.05) is 24.3 Å². The number of morpholine rings is 1. The Hall–Kier alpha value is -2.17. The Balaban J connectivity index is 1.20. The summed E-state index contributed by atoms with van der Waals surface area (Å²) in [6.07, 6.45) is 1.84. The normalized spacial score (nSPS) is 19.9. The zero-order valence-electron chi connectivity index (χ0n) is 19.7. The molecule has 0 aliphatic carbocycles. The van der Waals surface area contributed by atoms with E-state index in [1.165, 1.54) is 4.31 Å². The van der Waals surface area contributed by atoms with E-state index >= 15 is 0 Å². The van der Waals surface area contributed by atoms with Crippen molar-refractivity contribution >= 4 is 27.5 Å². The summed E-state index contributed by atoms with van der Waals surface area (Å²) in [5, 5.41) is 3.72. The van der Waals surface area contributed by atoms with E-state index in [1.54, 1.807) is 24.3 Å². The number of nitrogens with one attached hydrogen (secondary N) is 1. The number of benzene rings is 2. The zero-order valence-corrected chi connectivity index (χ0v) is 21.3. The molecule has 1 atom stereocenters. The number of likely N-dealkylation sites (tertiary alicyclic amines) is 1. The highest BCUT2D eigenvalue weighted by Gasteiger charge is 2.27. The minimum Gasteiger partial charge on any atom is -0.492 e. The van der Waals surface area contributed by atoms with E-state index in [2.05, 4.69) is 10.2 Å². The van der Waals surface area contributed by atoms with Crippen LogP contribution >= 0.6 is 11.6 Å². The van der Waals surface area contributed by atoms with Gasteiger partial charge in [-0.1, -0.05) is 29.8 Å². The summed E-state index contributed by atoms with van der Waals surface area (Å²) in [7, 11) is -3.53. The van der Waals surface area contributed by atoms with Crippen molar-refractivity contribution in [2.75, 3.05) is 52.5 Å². The summed E-state index contributed by atoms with van der Waals surface area (Å²) >= 11 is 6.29. The van der Waals surface area contributed by atoms with Gasteiger partial charge in [0.25, 0.3) is 0 Å². The molecule has 2 fully saturated rings. The summed E-state index contributed by atoms with van der Waals surface area (Å²) in [4.78, 5) is 15.2. The summed E-state index contributed by atoms with van der Waals surface area (Å²) in [6.45, 7) is 4.62. The fourth-order valence-electron chi connectivity index (χ4n) is 4.41. The lowest BCUT2D eigenvalue weighted by atomic mass is 9.96. The van der Waals surface area contributed by atoms with Crippen molar-refractivity contribution in [1.82, 2.24) is 14.5 Å². The second kappa shape index (κ2) is 12.2. The van der Waals surface area contributed by atoms with Gasteiger partial charge in [0.15, 0.2) is 0 Å². The molecule has 1 amide bonds. The van der Waals surface area contributed by atoms with Crippen LogP contribution in [-0.4, -0.2) is 76.1 Å². The molecule has 0 radical (unpaired) electrons. The fraction of sp³-hybridized carbons (Fsp3) is 0.480. The van der Waals surface area contributed by atoms with Gasteiger partial charge in [0.1, 0.15) is 12.4 Å². The van der Waals surface area contributed by atoms with Crippen molar-refractivity contribution in [1.29, 1.82) is 0 Å². The topological polar surface area (TPSA) is 88.2 Å². The highest BCUT2D eigenvalue weighted by Crippen LogP contribution is 2.23. The molecular weight excluding hydrogens is 490 g/mol. The average Bonchev–Trinajstić information content (AvgIpc) is 2.89. The first-order valence-corrected chi connectivity index (χ1v) is 13.8. The van der Waals surface area contributed by atoms with Crippen LogP contribution in [-0.2, 0) is 26.1 Å². The van der Waals surface area contributed by atoms with Gasteiger partial charge in [-0.25, -0.2) is 8.42 Å². The Morgan fingerprint density at radius 3 is 2.57 bits per heavy atom. The van der Waals surface area contributed by atoms with Gasteiger partial charge in [-0.2, -0.15) is 4.31 Å². The smallest absolute Gasteiger partial charge is 0.243 e. The van der Waals surface area contributed by atoms with E-state index in [0.717, 1.165) is 36.5 Å². The second-order valence-electron chi connectivity index (χ2n) is 8.79. The number of ether oxygens (including phenoxy) is 2. The number of piperidine rings is 1. The predicted octanol–water partition coefficient (Wildman–Crippen LogP) is 2.77. The van der Waals surface area contributed by atoms with E-state index in [4.69, 9.17) is 21.1 Å². The quantitative estimate of drug-likeness (QED) is 0.510. The summed E-state index contributed by atoms with van der Waals surface area (Å²) in [5.41, 5.74) is 1.08. The number of rotatable bonds is 9. The number of halogens is 1. The molecule has 0 bridgehead atoms. The first kappa shape index (κ1) is 25.9. The fourth-order valence-corrected chi connectivity index (χ4v) is 6.02. The number of carbonyl (C=O) groups excluding carboxylic acids is 1. The molecule has 2 heterocycles. The number of hydrogen-bond donors (Lipinski definition) is 1. The molecule has 35 heavy (non-hydrogen) atoms. The van der Waals surface area contributed by atoms with Gasteiger partial charge < -0.3 is 14.8 Å². The molecule has 2 saturated heterocycles. The predicted molar refractivity (Wildman–Crippen MR) is 134 cm³/mol. The van der Waals surface area contributed by atoms with Gasteiger partial charge in [-0.05, 0) is 55.3 Å². The van der Waals surface area contributed by atoms with Crippen molar-refractivity contribution in [2.45, 2.75) is 24.3 Å². The van der Waals surface area contributed by atoms with Gasteiger partial charge in [0.2, 0.25) is 15.9 Å². The van der Waals surface area contributed by atoms with Crippen LogP contribution in [0.25, 0.3) is 0 Å². The van der Waals surface area contributed by atoms with Gasteiger partial charge in [0, 0.05) is 31.2 Å². The summed E-state index contributed by atoms with van der Waals surface area (Å²) < 4.78 is 37.8. The molecule has 4 rings (SSSR count). The molecule has 8 nitrogen and oxygen atoms in total. The molecule has 0 saturated carbocycles. The van der Waals surface area contributed by atoms with Crippen molar-refractivity contribution in [3.8, 4) is 5.75 Å². The third-order valence-corrected chi connectivity index (χ3v) is 8.61. The summed E-state index contributed by atoms with van der Waals surface area (Å²) in [5.74, 6) is 0.532. The number of sulfonamides is 1. The van der Waals surface area contributed by atoms with E-state index in [0.29, 0.717) is 51.7 Å². The lowest BCUT2D eigenvalue weighted by molar-refractivity contribution is -0.126. The molecule has 2 aromatic carbocycles. The van der Waals surface area contributed by atoms with Crippen LogP contribution in [0, 0.1) is 5.92 Å². The van der Waals surface area contributed by atoms with Gasteiger partial charge >= 0.3 is 0 Å². The Kier molecular flexibility index (Phi) is 9.02. The first-order chi connectivity index (χ1) is 16.9. The maximum Gasteiger partial charge on any atom is 0.243 e. The first-order valence-electron chi connectivity index (χ1n) is 12.0. The molecule has 10 heteroatoms. The molecule has 2 aromatic rings. The Bertz CT molecular complexity index is 1090. The van der Waals surface area contributed by atoms with Crippen LogP contribution in [0.1, 0.15) is 18.4 Å². The van der Waals surface area contributed by atoms with Crippen molar-refractivity contribution in [3.63, 3.8) is 0 Å². The largest absolute Gasteiger partial charge is 0.492 e. The third kappa shape index (κ3) is 6.95. The number of carbonyl (C=O) groups is 1. The van der Waals surface area contributed by atoms with Crippen LogP contribution in [0.4, 0.5) is 0 Å². The zero-order chi connectivity index (χ0) is 24.7. The van der Waals surface area contributed by atoms with Crippen LogP contribution < -0.4 is 10.1 Å². The molecule has 0 unspecified atom stereocenters. The van der Waals surface area contributed by atoms with Gasteiger partial charge in [0.05, 0.1) is 30.6 Å². The standard InChI is InChI=1S/C25H32ClN3O5S/c26-24-6-2-1-4-20(24)18-28-12-3-5-21(19-28)25(30)27-11-15-34-22-7-9-23(10-8-22)35(31,32)29-13-16-33-17-14-29/h1-2,4,6-10,21H,3,5,11-19H2,(H,27,30)/t21-/m1/s1. The number of amides is 1. The van der Waals surface area contributed by atoms with Crippen LogP contribution in [0.15, 0.2) is 53.4 Å². The van der Waals surface area contributed by atoms with Gasteiger partial charge in [-0.15, -0.1) is 0 Å². The number of nitrogens with zero attached hydrogens (tertiary/aromatic N) is 2. The van der Waals surface area contributed by atoms with E-state index < -0.39 is 10.0 Å². The molecule has 2 aliphatic rings. The van der Waals surface area contributed by atoms with Crippen molar-refractivity contribution in [2.24, 2.45) is 5.92 Å². The summed E-state index contributed by atoms with van der Waals surface area (Å²) in [6, 6.07) is 14.2. The third-order valence-electron chi connectivity index (χ3n) is 6.33. The molecule has 190 valence electrons. The van der Waals surface area contributed by atoms with Crippen molar-refractivity contribution < 1.29 is 22.7 Å². The molecule has 2 aliphatic heterocycles. The maximum atomic E-state index is 12.7. The Morgan fingerprint density at radius 2 is 1.83 bits per heavy atom. The molecular formula is C25H32ClN3O5S. The highest BCUT2D eigenvalue weighted by molar-refractivity contribution is 7.89. The van der Waals surface area contributed by atoms with Crippen LogP contribution in [0.5, 0.6) is 5.75 Å². The lowest BCUT2D eigenvalue weighted by Crippen LogP contribution is -2.43. The maximum absolute atomic E-state index is 12.7. The van der Waals surface area contributed by atoms with Crippen LogP contribution in [0.3, 0.4) is 0 Å². The van der Waals surface area contributed by atoms with Gasteiger partial charge in [-0.3, -0.25) is 9.69 Å².